The molecular weight excluding hydrogens is 463 g/mol. The molecule has 1 aliphatic heterocycles. The van der Waals surface area contributed by atoms with E-state index in [4.69, 9.17) is 4.74 Å². The number of imidazole rings is 1. The first-order chi connectivity index (χ1) is 16.3. The molecule has 0 aliphatic carbocycles. The number of alkyl halides is 3. The number of carbonyl (C=O) groups is 1. The Morgan fingerprint density at radius 3 is 2.59 bits per heavy atom. The van der Waals surface area contributed by atoms with Crippen LogP contribution in [0, 0.1) is 0 Å². The smallest absolute Gasteiger partial charge is 0.416 e. The van der Waals surface area contributed by atoms with Crippen molar-refractivity contribution in [1.29, 1.82) is 0 Å². The van der Waals surface area contributed by atoms with E-state index >= 15 is 0 Å². The number of nitrogens with zero attached hydrogens (tertiary/aromatic N) is 3. The molecule has 1 saturated heterocycles. The number of halogens is 3. The first-order valence-corrected chi connectivity index (χ1v) is 12.2. The third-order valence-corrected chi connectivity index (χ3v) is 6.92. The van der Waals surface area contributed by atoms with Gasteiger partial charge in [0.05, 0.1) is 18.2 Å². The molecule has 180 valence electrons. The minimum absolute atomic E-state index is 0.0675. The van der Waals surface area contributed by atoms with Crippen molar-refractivity contribution in [3.63, 3.8) is 0 Å². The Bertz CT molecular complexity index is 1150. The van der Waals surface area contributed by atoms with Crippen LogP contribution in [0.15, 0.2) is 59.8 Å². The molecule has 0 bridgehead atoms. The topological polar surface area (TPSA) is 47.4 Å². The van der Waals surface area contributed by atoms with Gasteiger partial charge in [0.25, 0.3) is 5.91 Å². The van der Waals surface area contributed by atoms with Crippen molar-refractivity contribution in [3.05, 3.63) is 77.4 Å². The van der Waals surface area contributed by atoms with Gasteiger partial charge in [0.2, 0.25) is 0 Å². The zero-order chi connectivity index (χ0) is 24.3. The van der Waals surface area contributed by atoms with Crippen molar-refractivity contribution in [2.24, 2.45) is 0 Å². The molecule has 2 aromatic carbocycles. The Kier molecular flexibility index (Phi) is 7.21. The van der Waals surface area contributed by atoms with Crippen LogP contribution in [0.25, 0.3) is 0 Å². The molecule has 1 fully saturated rings. The maximum atomic E-state index is 13.4. The molecule has 0 spiro atoms. The second-order valence-corrected chi connectivity index (χ2v) is 9.08. The van der Waals surface area contributed by atoms with E-state index in [0.29, 0.717) is 37.2 Å². The molecule has 3 aromatic rings. The summed E-state index contributed by atoms with van der Waals surface area (Å²) in [6.45, 7) is 1.19. The highest BCUT2D eigenvalue weighted by atomic mass is 32.2. The number of benzene rings is 2. The fourth-order valence-electron chi connectivity index (χ4n) is 4.42. The predicted molar refractivity (Wildman–Crippen MR) is 125 cm³/mol. The number of hydrogen-bond acceptors (Lipinski definition) is 4. The quantitative estimate of drug-likeness (QED) is 0.417. The van der Waals surface area contributed by atoms with Gasteiger partial charge in [-0.15, -0.1) is 11.8 Å². The summed E-state index contributed by atoms with van der Waals surface area (Å²) in [5.74, 6) is 1.30. The largest absolute Gasteiger partial charge is 0.496 e. The predicted octanol–water partition coefficient (Wildman–Crippen LogP) is 5.70. The molecule has 1 aliphatic rings. The van der Waals surface area contributed by atoms with Gasteiger partial charge in [-0.3, -0.25) is 4.79 Å². The minimum atomic E-state index is -4.40. The van der Waals surface area contributed by atoms with Gasteiger partial charge in [-0.25, -0.2) is 4.98 Å². The number of piperidine rings is 1. The van der Waals surface area contributed by atoms with Gasteiger partial charge < -0.3 is 14.2 Å². The van der Waals surface area contributed by atoms with Crippen LogP contribution < -0.4 is 4.74 Å². The SMILES string of the molecule is COc1cc(SC)ccc1C(=O)N1CCC(c2nccn2Cc2ccccc2C(F)(F)F)CC1. The number of likely N-dealkylation sites (tertiary alicyclic amines) is 1. The van der Waals surface area contributed by atoms with Crippen LogP contribution in [0.1, 0.15) is 46.1 Å². The van der Waals surface area contributed by atoms with Gasteiger partial charge in [0, 0.05) is 42.8 Å². The molecule has 0 radical (unpaired) electrons. The van der Waals surface area contributed by atoms with E-state index in [1.165, 1.54) is 12.1 Å². The summed E-state index contributed by atoms with van der Waals surface area (Å²) in [6, 6.07) is 11.2. The summed E-state index contributed by atoms with van der Waals surface area (Å²) >= 11 is 1.58. The van der Waals surface area contributed by atoms with Crippen LogP contribution in [0.5, 0.6) is 5.75 Å². The van der Waals surface area contributed by atoms with Crippen molar-refractivity contribution in [2.75, 3.05) is 26.5 Å². The highest BCUT2D eigenvalue weighted by Gasteiger charge is 2.33. The first-order valence-electron chi connectivity index (χ1n) is 11.0. The summed E-state index contributed by atoms with van der Waals surface area (Å²) in [6.07, 6.45) is 2.29. The van der Waals surface area contributed by atoms with Crippen LogP contribution in [-0.2, 0) is 12.7 Å². The highest BCUT2D eigenvalue weighted by Crippen LogP contribution is 2.34. The number of thioether (sulfide) groups is 1. The Labute approximate surface area is 200 Å². The minimum Gasteiger partial charge on any atom is -0.496 e. The van der Waals surface area contributed by atoms with Gasteiger partial charge in [0.1, 0.15) is 11.6 Å². The Balaban J connectivity index is 1.46. The molecule has 2 heterocycles. The second kappa shape index (κ2) is 10.1. The molecule has 1 amide bonds. The van der Waals surface area contributed by atoms with Gasteiger partial charge >= 0.3 is 6.18 Å². The van der Waals surface area contributed by atoms with Gasteiger partial charge in [-0.05, 0) is 48.9 Å². The number of ether oxygens (including phenoxy) is 1. The lowest BCUT2D eigenvalue weighted by molar-refractivity contribution is -0.138. The molecule has 0 atom stereocenters. The maximum absolute atomic E-state index is 13.4. The van der Waals surface area contributed by atoms with Gasteiger partial charge in [-0.1, -0.05) is 18.2 Å². The normalized spacial score (nSPS) is 14.9. The molecule has 9 heteroatoms. The molecule has 4 rings (SSSR count). The summed E-state index contributed by atoms with van der Waals surface area (Å²) in [7, 11) is 1.55. The number of hydrogen-bond donors (Lipinski definition) is 0. The van der Waals surface area contributed by atoms with Crippen molar-refractivity contribution >= 4 is 17.7 Å². The van der Waals surface area contributed by atoms with Crippen LogP contribution in [0.3, 0.4) is 0 Å². The molecule has 34 heavy (non-hydrogen) atoms. The summed E-state index contributed by atoms with van der Waals surface area (Å²) in [4.78, 5) is 20.4. The summed E-state index contributed by atoms with van der Waals surface area (Å²) in [5.41, 5.74) is 0.114. The van der Waals surface area contributed by atoms with Crippen molar-refractivity contribution < 1.29 is 22.7 Å². The lowest BCUT2D eigenvalue weighted by Gasteiger charge is -2.32. The van der Waals surface area contributed by atoms with Gasteiger partial charge in [-0.2, -0.15) is 13.2 Å². The number of amides is 1. The van der Waals surface area contributed by atoms with Crippen LogP contribution in [0.2, 0.25) is 0 Å². The zero-order valence-electron chi connectivity index (χ0n) is 19.0. The fourth-order valence-corrected chi connectivity index (χ4v) is 4.85. The lowest BCUT2D eigenvalue weighted by atomic mass is 9.95. The molecule has 0 unspecified atom stereocenters. The number of aromatic nitrogens is 2. The second-order valence-electron chi connectivity index (χ2n) is 8.20. The first kappa shape index (κ1) is 24.2. The highest BCUT2D eigenvalue weighted by molar-refractivity contribution is 7.98. The van der Waals surface area contributed by atoms with E-state index in [9.17, 15) is 18.0 Å². The average Bonchev–Trinajstić information content (AvgIpc) is 3.31. The van der Waals surface area contributed by atoms with E-state index in [1.54, 1.807) is 52.9 Å². The van der Waals surface area contributed by atoms with E-state index in [-0.39, 0.29) is 23.9 Å². The molecular formula is C25H26F3N3O2S. The number of rotatable bonds is 6. The summed E-state index contributed by atoms with van der Waals surface area (Å²) < 4.78 is 47.5. The Hall–Kier alpha value is -2.94. The molecule has 0 N–H and O–H groups in total. The molecule has 5 nitrogen and oxygen atoms in total. The van der Waals surface area contributed by atoms with E-state index in [2.05, 4.69) is 4.98 Å². The summed E-state index contributed by atoms with van der Waals surface area (Å²) in [5, 5.41) is 0. The maximum Gasteiger partial charge on any atom is 0.416 e. The molecule has 0 saturated carbocycles. The van der Waals surface area contributed by atoms with E-state index < -0.39 is 11.7 Å². The van der Waals surface area contributed by atoms with E-state index in [1.807, 2.05) is 18.4 Å². The van der Waals surface area contributed by atoms with Crippen LogP contribution in [-0.4, -0.2) is 46.8 Å². The lowest BCUT2D eigenvalue weighted by Crippen LogP contribution is -2.38. The third kappa shape index (κ3) is 5.09. The van der Waals surface area contributed by atoms with Crippen LogP contribution >= 0.6 is 11.8 Å². The zero-order valence-corrected chi connectivity index (χ0v) is 19.8. The third-order valence-electron chi connectivity index (χ3n) is 6.20. The number of methoxy groups -OCH3 is 1. The standard InChI is InChI=1S/C25H26F3N3O2S/c1-33-22-15-19(34-2)7-8-20(22)24(32)30-12-9-17(10-13-30)23-29-11-14-31(23)16-18-5-3-4-6-21(18)25(26,27)28/h3-8,11,14-15,17H,9-10,12-13,16H2,1-2H3. The molecule has 1 aromatic heterocycles. The van der Waals surface area contributed by atoms with Gasteiger partial charge in [0.15, 0.2) is 0 Å². The average molecular weight is 490 g/mol. The Morgan fingerprint density at radius 2 is 1.91 bits per heavy atom. The van der Waals surface area contributed by atoms with E-state index in [0.717, 1.165) is 16.8 Å². The van der Waals surface area contributed by atoms with Crippen molar-refractivity contribution in [1.82, 2.24) is 14.5 Å². The monoisotopic (exact) mass is 489 g/mol. The van der Waals surface area contributed by atoms with Crippen molar-refractivity contribution in [3.8, 4) is 5.75 Å². The van der Waals surface area contributed by atoms with Crippen LogP contribution in [0.4, 0.5) is 13.2 Å². The number of carbonyl (C=O) groups excluding carboxylic acids is 1. The fraction of sp³-hybridized carbons (Fsp3) is 0.360. The van der Waals surface area contributed by atoms with Crippen molar-refractivity contribution in [2.45, 2.75) is 36.4 Å². The Morgan fingerprint density at radius 1 is 1.18 bits per heavy atom.